The van der Waals surface area contributed by atoms with Crippen LogP contribution in [0.1, 0.15) is 26.2 Å². The van der Waals surface area contributed by atoms with E-state index in [9.17, 15) is 4.79 Å². The lowest BCUT2D eigenvalue weighted by Gasteiger charge is -2.13. The van der Waals surface area contributed by atoms with E-state index in [4.69, 9.17) is 5.11 Å². The van der Waals surface area contributed by atoms with Crippen molar-refractivity contribution >= 4 is 17.8 Å². The number of carbonyl (C=O) groups is 1. The molecule has 0 spiro atoms. The monoisotopic (exact) mass is 234 g/mol. The summed E-state index contributed by atoms with van der Waals surface area (Å²) < 4.78 is 0. The number of hydrogen-bond acceptors (Lipinski definition) is 3. The Bertz CT molecular complexity index is 168. The van der Waals surface area contributed by atoms with E-state index in [1.54, 1.807) is 0 Å². The number of rotatable bonds is 8. The number of nitrogens with one attached hydrogen (secondary N) is 2. The molecular weight excluding hydrogens is 212 g/mol. The summed E-state index contributed by atoms with van der Waals surface area (Å²) in [5.41, 5.74) is 0. The molecule has 2 amide bonds. The zero-order valence-corrected chi connectivity index (χ0v) is 10.4. The number of amides is 2. The number of urea groups is 1. The zero-order chi connectivity index (χ0) is 11.5. The van der Waals surface area contributed by atoms with Crippen LogP contribution in [0.5, 0.6) is 0 Å². The Kier molecular flexibility index (Phi) is 9.83. The molecule has 0 aromatic rings. The molecule has 0 aliphatic carbocycles. The molecule has 15 heavy (non-hydrogen) atoms. The van der Waals surface area contributed by atoms with E-state index in [2.05, 4.69) is 16.9 Å². The third-order valence-electron chi connectivity index (χ3n) is 2.00. The van der Waals surface area contributed by atoms with Crippen molar-refractivity contribution in [2.75, 3.05) is 25.2 Å². The first-order valence-electron chi connectivity index (χ1n) is 5.35. The highest BCUT2D eigenvalue weighted by Crippen LogP contribution is 1.97. The van der Waals surface area contributed by atoms with Crippen LogP contribution < -0.4 is 10.6 Å². The van der Waals surface area contributed by atoms with Gasteiger partial charge in [-0.25, -0.2) is 4.79 Å². The number of thioether (sulfide) groups is 1. The quantitative estimate of drug-likeness (QED) is 0.553. The molecule has 0 aromatic heterocycles. The number of aliphatic hydroxyl groups is 1. The highest BCUT2D eigenvalue weighted by molar-refractivity contribution is 7.98. The normalized spacial score (nSPS) is 12.2. The van der Waals surface area contributed by atoms with Gasteiger partial charge in [0, 0.05) is 19.2 Å². The lowest BCUT2D eigenvalue weighted by molar-refractivity contribution is 0.231. The van der Waals surface area contributed by atoms with Crippen LogP contribution in [0.4, 0.5) is 4.79 Å². The summed E-state index contributed by atoms with van der Waals surface area (Å²) in [6.07, 6.45) is 4.83. The Hall–Kier alpha value is -0.420. The fourth-order valence-electron chi connectivity index (χ4n) is 1.11. The van der Waals surface area contributed by atoms with Gasteiger partial charge in [-0.05, 0) is 38.2 Å². The molecule has 0 rings (SSSR count). The minimum atomic E-state index is -0.139. The van der Waals surface area contributed by atoms with E-state index >= 15 is 0 Å². The number of aliphatic hydroxyl groups excluding tert-OH is 1. The Labute approximate surface area is 96.2 Å². The standard InChI is InChI=1S/C10H22N2O2S/c1-9(5-7-13)12-10(14)11-6-3-4-8-15-2/h9,13H,3-8H2,1-2H3,(H2,11,12,14)/t9-/m1/s1. The van der Waals surface area contributed by atoms with E-state index in [1.807, 2.05) is 18.7 Å². The molecule has 0 aliphatic rings. The fourth-order valence-corrected chi connectivity index (χ4v) is 1.61. The van der Waals surface area contributed by atoms with Crippen molar-refractivity contribution in [3.8, 4) is 0 Å². The molecule has 0 radical (unpaired) electrons. The predicted molar refractivity (Wildman–Crippen MR) is 65.3 cm³/mol. The van der Waals surface area contributed by atoms with Gasteiger partial charge in [0.2, 0.25) is 0 Å². The molecule has 0 saturated heterocycles. The molecule has 0 aromatic carbocycles. The van der Waals surface area contributed by atoms with E-state index in [0.717, 1.165) is 25.1 Å². The number of carbonyl (C=O) groups excluding carboxylic acids is 1. The first-order valence-corrected chi connectivity index (χ1v) is 6.74. The molecule has 0 bridgehead atoms. The van der Waals surface area contributed by atoms with Gasteiger partial charge in [-0.3, -0.25) is 0 Å². The molecular formula is C10H22N2O2S. The van der Waals surface area contributed by atoms with Crippen molar-refractivity contribution in [1.82, 2.24) is 10.6 Å². The predicted octanol–water partition coefficient (Wildman–Crippen LogP) is 1.20. The zero-order valence-electron chi connectivity index (χ0n) is 9.58. The molecule has 5 heteroatoms. The molecule has 0 fully saturated rings. The van der Waals surface area contributed by atoms with Gasteiger partial charge in [0.05, 0.1) is 0 Å². The summed E-state index contributed by atoms with van der Waals surface area (Å²) in [5.74, 6) is 1.14. The van der Waals surface area contributed by atoms with Crippen molar-refractivity contribution in [1.29, 1.82) is 0 Å². The van der Waals surface area contributed by atoms with E-state index < -0.39 is 0 Å². The van der Waals surface area contributed by atoms with Crippen LogP contribution >= 0.6 is 11.8 Å². The molecule has 0 aliphatic heterocycles. The van der Waals surface area contributed by atoms with Gasteiger partial charge in [0.15, 0.2) is 0 Å². The average Bonchev–Trinajstić information content (AvgIpc) is 2.17. The molecule has 1 atom stereocenters. The van der Waals surface area contributed by atoms with Crippen molar-refractivity contribution in [2.24, 2.45) is 0 Å². The first-order chi connectivity index (χ1) is 7.20. The van der Waals surface area contributed by atoms with Crippen molar-refractivity contribution < 1.29 is 9.90 Å². The van der Waals surface area contributed by atoms with Gasteiger partial charge in [0.1, 0.15) is 0 Å². The number of hydrogen-bond donors (Lipinski definition) is 3. The summed E-state index contributed by atoms with van der Waals surface area (Å²) in [6.45, 7) is 2.71. The van der Waals surface area contributed by atoms with Crippen LogP contribution in [0.25, 0.3) is 0 Å². The van der Waals surface area contributed by atoms with Gasteiger partial charge in [-0.1, -0.05) is 0 Å². The third kappa shape index (κ3) is 9.87. The van der Waals surface area contributed by atoms with Crippen LogP contribution in [0.3, 0.4) is 0 Å². The van der Waals surface area contributed by atoms with Crippen LogP contribution in [0, 0.1) is 0 Å². The molecule has 0 saturated carbocycles. The first kappa shape index (κ1) is 14.6. The molecule has 4 nitrogen and oxygen atoms in total. The van der Waals surface area contributed by atoms with E-state index in [-0.39, 0.29) is 18.7 Å². The Morgan fingerprint density at radius 1 is 1.47 bits per heavy atom. The van der Waals surface area contributed by atoms with Crippen LogP contribution in [-0.4, -0.2) is 42.3 Å². The summed E-state index contributed by atoms with van der Waals surface area (Å²) in [4.78, 5) is 11.3. The molecule has 0 unspecified atom stereocenters. The topological polar surface area (TPSA) is 61.4 Å². The van der Waals surface area contributed by atoms with Crippen LogP contribution in [0.15, 0.2) is 0 Å². The Morgan fingerprint density at radius 2 is 2.20 bits per heavy atom. The second-order valence-corrected chi connectivity index (χ2v) is 4.50. The molecule has 0 heterocycles. The van der Waals surface area contributed by atoms with Gasteiger partial charge < -0.3 is 15.7 Å². The lowest BCUT2D eigenvalue weighted by atomic mass is 10.2. The highest BCUT2D eigenvalue weighted by atomic mass is 32.2. The van der Waals surface area contributed by atoms with Crippen molar-refractivity contribution in [3.63, 3.8) is 0 Å². The van der Waals surface area contributed by atoms with Gasteiger partial charge in [0.25, 0.3) is 0 Å². The maximum absolute atomic E-state index is 11.3. The highest BCUT2D eigenvalue weighted by Gasteiger charge is 2.04. The minimum Gasteiger partial charge on any atom is -0.396 e. The summed E-state index contributed by atoms with van der Waals surface area (Å²) in [6, 6.07) is -0.110. The maximum Gasteiger partial charge on any atom is 0.314 e. The van der Waals surface area contributed by atoms with E-state index in [0.29, 0.717) is 6.42 Å². The Morgan fingerprint density at radius 3 is 2.80 bits per heavy atom. The smallest absolute Gasteiger partial charge is 0.314 e. The summed E-state index contributed by atoms with van der Waals surface area (Å²) >= 11 is 1.82. The van der Waals surface area contributed by atoms with Crippen LogP contribution in [-0.2, 0) is 0 Å². The Balaban J connectivity index is 3.32. The molecule has 90 valence electrons. The SMILES string of the molecule is CSCCCCNC(=O)N[C@H](C)CCO. The van der Waals surface area contributed by atoms with Gasteiger partial charge in [-0.2, -0.15) is 11.8 Å². The van der Waals surface area contributed by atoms with Crippen molar-refractivity contribution in [2.45, 2.75) is 32.2 Å². The van der Waals surface area contributed by atoms with Gasteiger partial charge in [-0.15, -0.1) is 0 Å². The van der Waals surface area contributed by atoms with E-state index in [1.165, 1.54) is 0 Å². The molecule has 3 N–H and O–H groups in total. The average molecular weight is 234 g/mol. The van der Waals surface area contributed by atoms with Crippen LogP contribution in [0.2, 0.25) is 0 Å². The fraction of sp³-hybridized carbons (Fsp3) is 0.900. The summed E-state index contributed by atoms with van der Waals surface area (Å²) in [5, 5.41) is 14.2. The second-order valence-electron chi connectivity index (χ2n) is 3.51. The number of unbranched alkanes of at least 4 members (excludes halogenated alkanes) is 1. The lowest BCUT2D eigenvalue weighted by Crippen LogP contribution is -2.41. The van der Waals surface area contributed by atoms with Crippen molar-refractivity contribution in [3.05, 3.63) is 0 Å². The second kappa shape index (κ2) is 10.1. The minimum absolute atomic E-state index is 0.0289. The third-order valence-corrected chi connectivity index (χ3v) is 2.70. The largest absolute Gasteiger partial charge is 0.396 e. The van der Waals surface area contributed by atoms with Gasteiger partial charge >= 0.3 is 6.03 Å². The summed E-state index contributed by atoms with van der Waals surface area (Å²) in [7, 11) is 0. The maximum atomic E-state index is 11.3.